The number of rotatable bonds is 5. The average Bonchev–Trinajstić information content (AvgIpc) is 2.51. The predicted octanol–water partition coefficient (Wildman–Crippen LogP) is 1.90. The van der Waals surface area contributed by atoms with E-state index in [9.17, 15) is 4.79 Å². The number of hydrogen-bond donors (Lipinski definition) is 0. The monoisotopic (exact) mass is 204 g/mol. The molecule has 0 atom stereocenters. The van der Waals surface area contributed by atoms with Gasteiger partial charge in [0.2, 0.25) is 0 Å². The van der Waals surface area contributed by atoms with Crippen LogP contribution in [0.3, 0.4) is 0 Å². The molecule has 0 aromatic carbocycles. The van der Waals surface area contributed by atoms with E-state index >= 15 is 0 Å². The van der Waals surface area contributed by atoms with E-state index in [0.29, 0.717) is 5.76 Å². The van der Waals surface area contributed by atoms with Gasteiger partial charge in [0.15, 0.2) is 12.4 Å². The molecular weight excluding hydrogens is 192 g/mol. The highest BCUT2D eigenvalue weighted by molar-refractivity contribution is 5.71. The lowest BCUT2D eigenvalue weighted by Gasteiger charge is -2.03. The molecule has 0 spiro atoms. The fourth-order valence-corrected chi connectivity index (χ4v) is 0.861. The van der Waals surface area contributed by atoms with Gasteiger partial charge in [-0.3, -0.25) is 0 Å². The van der Waals surface area contributed by atoms with Gasteiger partial charge in [-0.1, -0.05) is 36.6 Å². The molecule has 0 saturated carbocycles. The topological polar surface area (TPSA) is 35.5 Å². The van der Waals surface area contributed by atoms with Crippen LogP contribution in [0.25, 0.3) is 0 Å². The molecule has 0 radical (unpaired) electrons. The van der Waals surface area contributed by atoms with E-state index in [1.165, 1.54) is 6.08 Å². The van der Waals surface area contributed by atoms with Crippen LogP contribution in [-0.2, 0) is 14.3 Å². The van der Waals surface area contributed by atoms with E-state index < -0.39 is 5.97 Å². The van der Waals surface area contributed by atoms with Crippen molar-refractivity contribution >= 4 is 5.97 Å². The number of esters is 1. The largest absolute Gasteiger partial charge is 0.474 e. The van der Waals surface area contributed by atoms with Crippen molar-refractivity contribution in [2.45, 2.75) is 0 Å². The summed E-state index contributed by atoms with van der Waals surface area (Å²) in [6.07, 6.45) is 10.4. The second-order valence-electron chi connectivity index (χ2n) is 2.68. The summed E-state index contributed by atoms with van der Waals surface area (Å²) < 4.78 is 9.90. The molecule has 0 aliphatic heterocycles. The molecule has 1 aliphatic carbocycles. The zero-order chi connectivity index (χ0) is 10.9. The summed E-state index contributed by atoms with van der Waals surface area (Å²) in [6.45, 7) is 3.52. The molecule has 0 fully saturated rings. The molecule has 0 aromatic heterocycles. The Labute approximate surface area is 88.7 Å². The Morgan fingerprint density at radius 2 is 2.33 bits per heavy atom. The van der Waals surface area contributed by atoms with Gasteiger partial charge in [-0.15, -0.1) is 0 Å². The normalized spacial score (nSPS) is 12.9. The Balaban J connectivity index is 2.34. The maximum Gasteiger partial charge on any atom is 0.344 e. The minimum absolute atomic E-state index is 0.117. The zero-order valence-corrected chi connectivity index (χ0v) is 8.31. The SMILES string of the molecule is C=CCOC(=O)COC1=C=CC=CC=C1. The Hall–Kier alpha value is -1.99. The van der Waals surface area contributed by atoms with Gasteiger partial charge in [0.25, 0.3) is 0 Å². The van der Waals surface area contributed by atoms with Crippen molar-refractivity contribution in [3.05, 3.63) is 54.5 Å². The lowest BCUT2D eigenvalue weighted by atomic mass is 10.4. The minimum atomic E-state index is -0.421. The van der Waals surface area contributed by atoms with Crippen LogP contribution in [0, 0.1) is 0 Å². The van der Waals surface area contributed by atoms with Gasteiger partial charge < -0.3 is 9.47 Å². The lowest BCUT2D eigenvalue weighted by molar-refractivity contribution is -0.146. The molecule has 0 unspecified atom stereocenters. The van der Waals surface area contributed by atoms with Crippen LogP contribution in [0.15, 0.2) is 54.5 Å². The van der Waals surface area contributed by atoms with Gasteiger partial charge in [-0.2, -0.15) is 0 Å². The van der Waals surface area contributed by atoms with Crippen LogP contribution in [0.2, 0.25) is 0 Å². The maximum absolute atomic E-state index is 11.0. The first-order valence-electron chi connectivity index (χ1n) is 4.52. The fraction of sp³-hybridized carbons (Fsp3) is 0.167. The van der Waals surface area contributed by atoms with Crippen molar-refractivity contribution in [3.63, 3.8) is 0 Å². The second kappa shape index (κ2) is 6.46. The van der Waals surface area contributed by atoms with Crippen molar-refractivity contribution in [2.24, 2.45) is 0 Å². The van der Waals surface area contributed by atoms with Crippen LogP contribution in [0.5, 0.6) is 0 Å². The van der Waals surface area contributed by atoms with E-state index in [0.717, 1.165) is 0 Å². The van der Waals surface area contributed by atoms with E-state index in [1.807, 2.05) is 12.2 Å². The van der Waals surface area contributed by atoms with Crippen molar-refractivity contribution in [1.29, 1.82) is 0 Å². The van der Waals surface area contributed by atoms with Crippen LogP contribution >= 0.6 is 0 Å². The summed E-state index contributed by atoms with van der Waals surface area (Å²) in [5.41, 5.74) is 2.86. The molecule has 1 rings (SSSR count). The Kier molecular flexibility index (Phi) is 4.78. The number of ether oxygens (including phenoxy) is 2. The average molecular weight is 204 g/mol. The van der Waals surface area contributed by atoms with Crippen LogP contribution in [0.1, 0.15) is 0 Å². The number of allylic oxidation sites excluding steroid dienone is 4. The minimum Gasteiger partial charge on any atom is -0.474 e. The molecule has 0 N–H and O–H groups in total. The first-order valence-corrected chi connectivity index (χ1v) is 4.52. The van der Waals surface area contributed by atoms with Crippen LogP contribution in [-0.4, -0.2) is 19.2 Å². The van der Waals surface area contributed by atoms with E-state index in [-0.39, 0.29) is 13.2 Å². The molecule has 0 heterocycles. The van der Waals surface area contributed by atoms with E-state index in [4.69, 9.17) is 9.47 Å². The summed E-state index contributed by atoms with van der Waals surface area (Å²) >= 11 is 0. The van der Waals surface area contributed by atoms with Gasteiger partial charge >= 0.3 is 5.97 Å². The molecule has 0 aromatic rings. The highest BCUT2D eigenvalue weighted by Gasteiger charge is 2.02. The molecule has 0 amide bonds. The first-order chi connectivity index (χ1) is 7.33. The van der Waals surface area contributed by atoms with Crippen LogP contribution < -0.4 is 0 Å². The Bertz CT molecular complexity index is 355. The highest BCUT2D eigenvalue weighted by Crippen LogP contribution is 2.01. The van der Waals surface area contributed by atoms with Crippen molar-refractivity contribution in [3.8, 4) is 0 Å². The fourth-order valence-electron chi connectivity index (χ4n) is 0.861. The summed E-state index contributed by atoms with van der Waals surface area (Å²) in [7, 11) is 0. The number of carbonyl (C=O) groups is 1. The van der Waals surface area contributed by atoms with Crippen molar-refractivity contribution in [2.75, 3.05) is 13.2 Å². The smallest absolute Gasteiger partial charge is 0.344 e. The predicted molar refractivity (Wildman–Crippen MR) is 57.0 cm³/mol. The van der Waals surface area contributed by atoms with Crippen LogP contribution in [0.4, 0.5) is 0 Å². The van der Waals surface area contributed by atoms with Gasteiger partial charge in [0.1, 0.15) is 6.61 Å². The third-order valence-electron chi connectivity index (χ3n) is 1.50. The standard InChI is InChI=1S/C12H12O3/c1-2-9-14-12(13)10-15-11-7-5-3-4-6-8-11/h2-7H,1,9-10H2. The van der Waals surface area contributed by atoms with Gasteiger partial charge in [0, 0.05) is 0 Å². The molecule has 0 bridgehead atoms. The molecule has 0 saturated heterocycles. The number of carbonyl (C=O) groups excluding carboxylic acids is 1. The van der Waals surface area contributed by atoms with Gasteiger partial charge in [0.05, 0.1) is 0 Å². The third kappa shape index (κ3) is 4.69. The van der Waals surface area contributed by atoms with Gasteiger partial charge in [-0.05, 0) is 12.2 Å². The van der Waals surface area contributed by atoms with Crippen molar-refractivity contribution < 1.29 is 14.3 Å². The quantitative estimate of drug-likeness (QED) is 0.390. The summed E-state index contributed by atoms with van der Waals surface area (Å²) in [6, 6.07) is 0. The second-order valence-corrected chi connectivity index (χ2v) is 2.68. The van der Waals surface area contributed by atoms with E-state index in [2.05, 4.69) is 12.3 Å². The zero-order valence-electron chi connectivity index (χ0n) is 8.31. The molecule has 15 heavy (non-hydrogen) atoms. The molecular formula is C12H12O3. The molecule has 1 aliphatic rings. The number of hydrogen-bond acceptors (Lipinski definition) is 3. The van der Waals surface area contributed by atoms with Gasteiger partial charge in [-0.25, -0.2) is 4.79 Å². The first kappa shape index (κ1) is 11.1. The lowest BCUT2D eigenvalue weighted by Crippen LogP contribution is -2.11. The van der Waals surface area contributed by atoms with Crippen molar-refractivity contribution in [1.82, 2.24) is 0 Å². The molecule has 78 valence electrons. The highest BCUT2D eigenvalue weighted by atomic mass is 16.6. The maximum atomic E-state index is 11.0. The van der Waals surface area contributed by atoms with E-state index in [1.54, 1.807) is 18.2 Å². The Morgan fingerprint density at radius 3 is 3.13 bits per heavy atom. The summed E-state index contributed by atoms with van der Waals surface area (Å²) in [4.78, 5) is 11.0. The third-order valence-corrected chi connectivity index (χ3v) is 1.50. The molecule has 3 heteroatoms. The Morgan fingerprint density at radius 1 is 1.47 bits per heavy atom. The summed E-state index contributed by atoms with van der Waals surface area (Å²) in [5.74, 6) is 0.0883. The summed E-state index contributed by atoms with van der Waals surface area (Å²) in [5, 5.41) is 0. The molecule has 3 nitrogen and oxygen atoms in total.